The topological polar surface area (TPSA) is 60.2 Å². The molecule has 0 N–H and O–H groups in total. The van der Waals surface area contributed by atoms with Gasteiger partial charge < -0.3 is 4.57 Å². The Bertz CT molecular complexity index is 1980. The number of benzene rings is 4. The summed E-state index contributed by atoms with van der Waals surface area (Å²) in [6.45, 7) is 1.77. The highest BCUT2D eigenvalue weighted by molar-refractivity contribution is 7.78. The first-order valence-corrected chi connectivity index (χ1v) is 13.9. The molecule has 0 aliphatic heterocycles. The molecule has 5 nitrogen and oxygen atoms in total. The Morgan fingerprint density at radius 2 is 1.36 bits per heavy atom. The molecule has 0 saturated carbocycles. The highest BCUT2D eigenvalue weighted by atomic mass is 31.2. The van der Waals surface area contributed by atoms with Crippen LogP contribution in [-0.2, 0) is 4.57 Å². The molecule has 0 bridgehead atoms. The smallest absolute Gasteiger partial charge is 0.159 e. The average Bonchev–Trinajstić information content (AvgIpc) is 3.34. The fourth-order valence-corrected chi connectivity index (χ4v) is 6.59. The number of imidazole rings is 1. The van der Waals surface area contributed by atoms with Crippen molar-refractivity contribution >= 4 is 56.1 Å². The van der Waals surface area contributed by atoms with Crippen molar-refractivity contribution < 1.29 is 4.57 Å². The predicted molar refractivity (Wildman–Crippen MR) is 148 cm³/mol. The van der Waals surface area contributed by atoms with Crippen LogP contribution in [0, 0.1) is 0 Å². The lowest BCUT2D eigenvalue weighted by Gasteiger charge is -2.14. The lowest BCUT2D eigenvalue weighted by Crippen LogP contribution is -2.16. The SMILES string of the molecule is CP(=O)(c1ccccc1)c1cnc(-c2ccc3c4ccccc4c4nc5ccccc5n4c3c2)nc1. The van der Waals surface area contributed by atoms with Crippen LogP contribution in [-0.4, -0.2) is 26.0 Å². The van der Waals surface area contributed by atoms with Gasteiger partial charge in [-0.1, -0.05) is 78.9 Å². The summed E-state index contributed by atoms with van der Waals surface area (Å²) in [5, 5.41) is 4.87. The summed E-state index contributed by atoms with van der Waals surface area (Å²) in [5.74, 6) is 0.597. The number of rotatable bonds is 3. The molecule has 6 heteroatoms. The number of aromatic nitrogens is 4. The van der Waals surface area contributed by atoms with Gasteiger partial charge in [-0.3, -0.25) is 4.40 Å². The van der Waals surface area contributed by atoms with E-state index in [2.05, 4.69) is 62.9 Å². The van der Waals surface area contributed by atoms with Crippen LogP contribution < -0.4 is 10.6 Å². The fourth-order valence-electron chi connectivity index (χ4n) is 5.00. The van der Waals surface area contributed by atoms with Crippen molar-refractivity contribution in [2.45, 2.75) is 0 Å². The summed E-state index contributed by atoms with van der Waals surface area (Å²) >= 11 is 0. The van der Waals surface area contributed by atoms with Gasteiger partial charge in [0.2, 0.25) is 0 Å². The molecule has 0 radical (unpaired) electrons. The van der Waals surface area contributed by atoms with E-state index in [1.807, 2.05) is 48.5 Å². The molecule has 0 aliphatic rings. The summed E-state index contributed by atoms with van der Waals surface area (Å²) in [7, 11) is -2.76. The van der Waals surface area contributed by atoms with Gasteiger partial charge in [-0.15, -0.1) is 0 Å². The van der Waals surface area contributed by atoms with Crippen LogP contribution in [0.15, 0.2) is 109 Å². The Labute approximate surface area is 207 Å². The van der Waals surface area contributed by atoms with E-state index < -0.39 is 7.14 Å². The Hall–Kier alpha value is -4.34. The molecule has 7 rings (SSSR count). The summed E-state index contributed by atoms with van der Waals surface area (Å²) in [6, 6.07) is 32.4. The van der Waals surface area contributed by atoms with Crippen LogP contribution in [0.4, 0.5) is 0 Å². The van der Waals surface area contributed by atoms with Crippen LogP contribution in [0.25, 0.3) is 49.7 Å². The van der Waals surface area contributed by atoms with Gasteiger partial charge in [-0.05, 0) is 30.3 Å². The predicted octanol–water partition coefficient (Wildman–Crippen LogP) is 6.19. The van der Waals surface area contributed by atoms with Crippen molar-refractivity contribution in [1.29, 1.82) is 0 Å². The molecule has 0 fully saturated rings. The van der Waals surface area contributed by atoms with Crippen LogP contribution in [0.5, 0.6) is 0 Å². The fraction of sp³-hybridized carbons (Fsp3) is 0.0333. The van der Waals surface area contributed by atoms with E-state index in [0.717, 1.165) is 49.2 Å². The van der Waals surface area contributed by atoms with E-state index in [4.69, 9.17) is 4.98 Å². The zero-order valence-corrected chi connectivity index (χ0v) is 20.4. The minimum Gasteiger partial charge on any atom is -0.314 e. The highest BCUT2D eigenvalue weighted by Crippen LogP contribution is 2.38. The number of nitrogens with zero attached hydrogens (tertiary/aromatic N) is 4. The zero-order chi connectivity index (χ0) is 24.3. The van der Waals surface area contributed by atoms with Crippen molar-refractivity contribution in [1.82, 2.24) is 19.4 Å². The molecule has 1 unspecified atom stereocenters. The Balaban J connectivity index is 1.43. The van der Waals surface area contributed by atoms with Crippen molar-refractivity contribution in [3.8, 4) is 11.4 Å². The van der Waals surface area contributed by atoms with E-state index in [-0.39, 0.29) is 0 Å². The first-order chi connectivity index (χ1) is 17.6. The maximum Gasteiger partial charge on any atom is 0.159 e. The summed E-state index contributed by atoms with van der Waals surface area (Å²) in [5.41, 5.74) is 4.90. The third-order valence-corrected chi connectivity index (χ3v) is 9.40. The molecule has 0 aliphatic carbocycles. The Morgan fingerprint density at radius 1 is 0.667 bits per heavy atom. The van der Waals surface area contributed by atoms with Gasteiger partial charge in [0.15, 0.2) is 5.82 Å². The van der Waals surface area contributed by atoms with E-state index in [1.54, 1.807) is 19.1 Å². The van der Waals surface area contributed by atoms with E-state index in [1.165, 1.54) is 0 Å². The molecule has 0 spiro atoms. The summed E-state index contributed by atoms with van der Waals surface area (Å²) < 4.78 is 15.7. The number of para-hydroxylation sites is 2. The van der Waals surface area contributed by atoms with Crippen LogP contribution >= 0.6 is 7.14 Å². The molecule has 3 heterocycles. The minimum absolute atomic E-state index is 0.597. The lowest BCUT2D eigenvalue weighted by atomic mass is 10.0. The normalized spacial score (nSPS) is 13.5. The van der Waals surface area contributed by atoms with E-state index in [0.29, 0.717) is 11.1 Å². The zero-order valence-electron chi connectivity index (χ0n) is 19.5. The second-order valence-electron chi connectivity index (χ2n) is 9.06. The van der Waals surface area contributed by atoms with Gasteiger partial charge in [-0.2, -0.15) is 0 Å². The molecule has 0 saturated heterocycles. The molecule has 3 aromatic heterocycles. The number of fused-ring (bicyclic) bond motifs is 8. The molecular formula is C30H21N4OP. The van der Waals surface area contributed by atoms with Crippen molar-refractivity contribution in [3.63, 3.8) is 0 Å². The lowest BCUT2D eigenvalue weighted by molar-refractivity contribution is 0.590. The van der Waals surface area contributed by atoms with Gasteiger partial charge in [0.05, 0.1) is 21.9 Å². The van der Waals surface area contributed by atoms with Crippen LogP contribution in [0.3, 0.4) is 0 Å². The van der Waals surface area contributed by atoms with E-state index >= 15 is 0 Å². The van der Waals surface area contributed by atoms with Gasteiger partial charge in [0, 0.05) is 34.0 Å². The summed E-state index contributed by atoms with van der Waals surface area (Å²) in [6.07, 6.45) is 3.39. The maximum atomic E-state index is 13.5. The average molecular weight is 484 g/mol. The third kappa shape index (κ3) is 3.10. The van der Waals surface area contributed by atoms with Gasteiger partial charge in [0.25, 0.3) is 0 Å². The molecule has 7 aromatic rings. The van der Waals surface area contributed by atoms with Crippen molar-refractivity contribution in [3.05, 3.63) is 109 Å². The summed E-state index contributed by atoms with van der Waals surface area (Å²) in [4.78, 5) is 14.2. The number of hydrogen-bond acceptors (Lipinski definition) is 4. The molecule has 172 valence electrons. The van der Waals surface area contributed by atoms with Crippen LogP contribution in [0.2, 0.25) is 0 Å². The minimum atomic E-state index is -2.76. The van der Waals surface area contributed by atoms with Crippen molar-refractivity contribution in [2.75, 3.05) is 6.66 Å². The monoisotopic (exact) mass is 484 g/mol. The standard InChI is InChI=1S/C30H21N4OP/c1-36(35,21-9-3-2-4-10-21)22-18-31-29(32-19-22)20-15-16-24-23-11-5-6-12-25(23)30-33-26-13-7-8-14-27(26)34(30)28(24)17-20/h2-19H,1H3. The highest BCUT2D eigenvalue weighted by Gasteiger charge is 2.22. The molecule has 4 aromatic carbocycles. The quantitative estimate of drug-likeness (QED) is 0.222. The Kier molecular flexibility index (Phi) is 4.57. The third-order valence-electron chi connectivity index (χ3n) is 6.90. The second-order valence-corrected chi connectivity index (χ2v) is 11.9. The van der Waals surface area contributed by atoms with Gasteiger partial charge in [-0.25, -0.2) is 15.0 Å². The molecule has 36 heavy (non-hydrogen) atoms. The van der Waals surface area contributed by atoms with Crippen molar-refractivity contribution in [2.24, 2.45) is 0 Å². The molecular weight excluding hydrogens is 463 g/mol. The maximum absolute atomic E-state index is 13.5. The second kappa shape index (κ2) is 7.84. The first kappa shape index (κ1) is 21.0. The molecule has 0 amide bonds. The van der Waals surface area contributed by atoms with E-state index in [9.17, 15) is 4.57 Å². The van der Waals surface area contributed by atoms with Gasteiger partial charge in [0.1, 0.15) is 12.8 Å². The first-order valence-electron chi connectivity index (χ1n) is 11.8. The van der Waals surface area contributed by atoms with Crippen LogP contribution in [0.1, 0.15) is 0 Å². The largest absolute Gasteiger partial charge is 0.314 e. The number of pyridine rings is 1. The van der Waals surface area contributed by atoms with Gasteiger partial charge >= 0.3 is 0 Å². The molecule has 1 atom stereocenters. The Morgan fingerprint density at radius 3 is 2.17 bits per heavy atom. The number of hydrogen-bond donors (Lipinski definition) is 0.